The Hall–Kier alpha value is -3.07. The fourth-order valence-electron chi connectivity index (χ4n) is 3.34. The number of carbonyl (C=O) groups is 2. The van der Waals surface area contributed by atoms with Crippen molar-refractivity contribution in [3.05, 3.63) is 60.2 Å². The molecule has 1 heterocycles. The zero-order valence-electron chi connectivity index (χ0n) is 18.4. The minimum Gasteiger partial charge on any atom is -0.449 e. The van der Waals surface area contributed by atoms with Crippen molar-refractivity contribution in [1.29, 1.82) is 0 Å². The van der Waals surface area contributed by atoms with Crippen molar-refractivity contribution in [3.8, 4) is 0 Å². The van der Waals surface area contributed by atoms with Gasteiger partial charge in [-0.25, -0.2) is 13.2 Å². The summed E-state index contributed by atoms with van der Waals surface area (Å²) in [6.45, 7) is 6.13. The number of carbonyl (C=O) groups excluding carboxylic acids is 2. The molecule has 3 rings (SSSR count). The molecule has 0 radical (unpaired) electrons. The van der Waals surface area contributed by atoms with Crippen molar-refractivity contribution < 1.29 is 22.7 Å². The lowest BCUT2D eigenvalue weighted by Crippen LogP contribution is -2.38. The molecule has 0 aliphatic carbocycles. The zero-order chi connectivity index (χ0) is 23.1. The van der Waals surface area contributed by atoms with Crippen molar-refractivity contribution in [1.82, 2.24) is 9.80 Å². The van der Waals surface area contributed by atoms with E-state index in [1.165, 1.54) is 18.2 Å². The minimum absolute atomic E-state index is 0.147. The molecule has 172 valence electrons. The van der Waals surface area contributed by atoms with Gasteiger partial charge in [0, 0.05) is 37.4 Å². The number of ether oxygens (including phenoxy) is 1. The summed E-state index contributed by atoms with van der Waals surface area (Å²) in [6, 6.07) is 14.5. The van der Waals surface area contributed by atoms with Crippen LogP contribution in [-0.4, -0.2) is 63.0 Å². The molecule has 1 N–H and O–H groups in total. The number of amides is 2. The summed E-state index contributed by atoms with van der Waals surface area (Å²) in [5.41, 5.74) is 0.697. The summed E-state index contributed by atoms with van der Waals surface area (Å²) in [7, 11) is -3.75. The first kappa shape index (κ1) is 23.6. The maximum atomic E-state index is 13.0. The third-order valence-corrected chi connectivity index (χ3v) is 6.39. The summed E-state index contributed by atoms with van der Waals surface area (Å²) >= 11 is 0. The SMILES string of the molecule is CC(C)COC(=O)N1CCCN(C(=O)c2cccc(NS(=O)(=O)c3ccccc3)c2)CC1. The molecule has 2 amide bonds. The van der Waals surface area contributed by atoms with Gasteiger partial charge in [-0.2, -0.15) is 0 Å². The highest BCUT2D eigenvalue weighted by atomic mass is 32.2. The Morgan fingerprint density at radius 3 is 2.38 bits per heavy atom. The Balaban J connectivity index is 1.65. The second-order valence-electron chi connectivity index (χ2n) is 8.10. The van der Waals surface area contributed by atoms with Gasteiger partial charge in [0.15, 0.2) is 0 Å². The fourth-order valence-corrected chi connectivity index (χ4v) is 4.41. The normalized spacial score (nSPS) is 14.7. The molecule has 1 aliphatic heterocycles. The van der Waals surface area contributed by atoms with Crippen LogP contribution in [0, 0.1) is 5.92 Å². The Bertz CT molecular complexity index is 1040. The molecule has 0 saturated carbocycles. The monoisotopic (exact) mass is 459 g/mol. The van der Waals surface area contributed by atoms with E-state index in [1.807, 2.05) is 13.8 Å². The highest BCUT2D eigenvalue weighted by Crippen LogP contribution is 2.19. The molecule has 0 unspecified atom stereocenters. The molecule has 9 heteroatoms. The van der Waals surface area contributed by atoms with Crippen LogP contribution < -0.4 is 4.72 Å². The van der Waals surface area contributed by atoms with E-state index >= 15 is 0 Å². The van der Waals surface area contributed by atoms with Crippen LogP contribution in [0.25, 0.3) is 0 Å². The van der Waals surface area contributed by atoms with Crippen LogP contribution in [-0.2, 0) is 14.8 Å². The summed E-state index contributed by atoms with van der Waals surface area (Å²) in [5, 5.41) is 0. The van der Waals surface area contributed by atoms with Crippen LogP contribution in [0.2, 0.25) is 0 Å². The van der Waals surface area contributed by atoms with Gasteiger partial charge in [0.25, 0.3) is 15.9 Å². The van der Waals surface area contributed by atoms with Gasteiger partial charge in [-0.15, -0.1) is 0 Å². The van der Waals surface area contributed by atoms with Crippen molar-refractivity contribution in [3.63, 3.8) is 0 Å². The van der Waals surface area contributed by atoms with E-state index in [2.05, 4.69) is 4.72 Å². The largest absolute Gasteiger partial charge is 0.449 e. The molecule has 2 aromatic rings. The molecular weight excluding hydrogens is 430 g/mol. The molecule has 32 heavy (non-hydrogen) atoms. The van der Waals surface area contributed by atoms with Gasteiger partial charge >= 0.3 is 6.09 Å². The van der Waals surface area contributed by atoms with Gasteiger partial charge < -0.3 is 14.5 Å². The van der Waals surface area contributed by atoms with E-state index in [4.69, 9.17) is 4.74 Å². The maximum absolute atomic E-state index is 13.0. The molecule has 0 bridgehead atoms. The second-order valence-corrected chi connectivity index (χ2v) is 9.79. The van der Waals surface area contributed by atoms with Crippen LogP contribution in [0.15, 0.2) is 59.5 Å². The molecule has 1 saturated heterocycles. The van der Waals surface area contributed by atoms with Crippen molar-refractivity contribution in [2.45, 2.75) is 25.2 Å². The molecule has 1 fully saturated rings. The second kappa shape index (κ2) is 10.5. The van der Waals surface area contributed by atoms with Gasteiger partial charge in [-0.05, 0) is 42.7 Å². The van der Waals surface area contributed by atoms with Crippen molar-refractivity contribution >= 4 is 27.7 Å². The zero-order valence-corrected chi connectivity index (χ0v) is 19.2. The Morgan fingerprint density at radius 2 is 1.66 bits per heavy atom. The molecular formula is C23H29N3O5S. The van der Waals surface area contributed by atoms with Gasteiger partial charge in [0.2, 0.25) is 0 Å². The first-order chi connectivity index (χ1) is 15.3. The number of anilines is 1. The van der Waals surface area contributed by atoms with Crippen molar-refractivity contribution in [2.75, 3.05) is 37.5 Å². The van der Waals surface area contributed by atoms with E-state index < -0.39 is 10.0 Å². The van der Waals surface area contributed by atoms with E-state index in [1.54, 1.807) is 46.2 Å². The summed E-state index contributed by atoms with van der Waals surface area (Å²) < 4.78 is 33.0. The number of benzene rings is 2. The fraction of sp³-hybridized carbons (Fsp3) is 0.391. The van der Waals surface area contributed by atoms with Crippen LogP contribution in [0.5, 0.6) is 0 Å². The Morgan fingerprint density at radius 1 is 0.969 bits per heavy atom. The minimum atomic E-state index is -3.75. The summed E-state index contributed by atoms with van der Waals surface area (Å²) in [6.07, 6.45) is 0.286. The van der Waals surface area contributed by atoms with E-state index in [-0.39, 0.29) is 22.8 Å². The number of sulfonamides is 1. The number of rotatable bonds is 6. The molecule has 0 spiro atoms. The third kappa shape index (κ3) is 6.23. The smallest absolute Gasteiger partial charge is 0.409 e. The van der Waals surface area contributed by atoms with E-state index in [9.17, 15) is 18.0 Å². The highest BCUT2D eigenvalue weighted by Gasteiger charge is 2.24. The number of hydrogen-bond donors (Lipinski definition) is 1. The average Bonchev–Trinajstić information content (AvgIpc) is 3.04. The lowest BCUT2D eigenvalue weighted by molar-refractivity contribution is 0.0746. The van der Waals surface area contributed by atoms with Crippen LogP contribution >= 0.6 is 0 Å². The molecule has 2 aromatic carbocycles. The van der Waals surface area contributed by atoms with Gasteiger partial charge in [-0.3, -0.25) is 9.52 Å². The van der Waals surface area contributed by atoms with E-state index in [0.717, 1.165) is 0 Å². The average molecular weight is 460 g/mol. The Labute approximate surface area is 189 Å². The van der Waals surface area contributed by atoms with Gasteiger partial charge in [-0.1, -0.05) is 38.1 Å². The van der Waals surface area contributed by atoms with Gasteiger partial charge in [0.05, 0.1) is 11.5 Å². The first-order valence-corrected chi connectivity index (χ1v) is 12.1. The Kier molecular flexibility index (Phi) is 7.74. The predicted octanol–water partition coefficient (Wildman–Crippen LogP) is 3.43. The van der Waals surface area contributed by atoms with Crippen LogP contribution in [0.1, 0.15) is 30.6 Å². The molecule has 0 aromatic heterocycles. The molecule has 0 atom stereocenters. The van der Waals surface area contributed by atoms with Crippen molar-refractivity contribution in [2.24, 2.45) is 5.92 Å². The quantitative estimate of drug-likeness (QED) is 0.714. The van der Waals surface area contributed by atoms with Crippen LogP contribution in [0.3, 0.4) is 0 Å². The maximum Gasteiger partial charge on any atom is 0.409 e. The molecule has 1 aliphatic rings. The third-order valence-electron chi connectivity index (χ3n) is 5.00. The lowest BCUT2D eigenvalue weighted by Gasteiger charge is -2.22. The topological polar surface area (TPSA) is 96.0 Å². The van der Waals surface area contributed by atoms with E-state index in [0.29, 0.717) is 50.5 Å². The number of nitrogens with one attached hydrogen (secondary N) is 1. The molecule has 8 nitrogen and oxygen atoms in total. The standard InChI is InChI=1S/C23H29N3O5S/c1-18(2)17-31-23(28)26-13-7-12-25(14-15-26)22(27)19-8-6-9-20(16-19)24-32(29,30)21-10-4-3-5-11-21/h3-6,8-11,16,18,24H,7,12-15,17H2,1-2H3. The number of nitrogens with zero attached hydrogens (tertiary/aromatic N) is 2. The highest BCUT2D eigenvalue weighted by molar-refractivity contribution is 7.92. The van der Waals surface area contributed by atoms with Crippen LogP contribution in [0.4, 0.5) is 10.5 Å². The van der Waals surface area contributed by atoms with Gasteiger partial charge in [0.1, 0.15) is 0 Å². The summed E-state index contributed by atoms with van der Waals surface area (Å²) in [4.78, 5) is 28.7. The number of hydrogen-bond acceptors (Lipinski definition) is 5. The lowest BCUT2D eigenvalue weighted by atomic mass is 10.1. The summed E-state index contributed by atoms with van der Waals surface area (Å²) in [5.74, 6) is 0.0544. The predicted molar refractivity (Wildman–Crippen MR) is 122 cm³/mol. The first-order valence-electron chi connectivity index (χ1n) is 10.6.